The first-order valence-electron chi connectivity index (χ1n) is 6.07. The molecule has 1 amide bonds. The second kappa shape index (κ2) is 6.09. The second-order valence-electron chi connectivity index (χ2n) is 4.64. The zero-order valence-electron chi connectivity index (χ0n) is 11.0. The van der Waals surface area contributed by atoms with Crippen molar-refractivity contribution >= 4 is 28.1 Å². The molecule has 1 fully saturated rings. The number of hydrazone groups is 1. The molecule has 6 heteroatoms. The Bertz CT molecular complexity index is 576. The minimum absolute atomic E-state index is 0.0132. The SMILES string of the molecule is C=C1CC(C(=O)N/N=C\c2cc(Br)c(O)c(OC)c2)C1. The lowest BCUT2D eigenvalue weighted by atomic mass is 9.81. The van der Waals surface area contributed by atoms with E-state index in [9.17, 15) is 9.90 Å². The van der Waals surface area contributed by atoms with Crippen molar-refractivity contribution in [3.05, 3.63) is 34.3 Å². The molecule has 0 saturated heterocycles. The second-order valence-corrected chi connectivity index (χ2v) is 5.50. The Morgan fingerprint density at radius 2 is 2.30 bits per heavy atom. The first kappa shape index (κ1) is 14.6. The molecule has 20 heavy (non-hydrogen) atoms. The number of hydrogen-bond acceptors (Lipinski definition) is 4. The van der Waals surface area contributed by atoms with Gasteiger partial charge in [0.2, 0.25) is 5.91 Å². The zero-order valence-corrected chi connectivity index (χ0v) is 12.6. The highest BCUT2D eigenvalue weighted by Crippen LogP contribution is 2.34. The Morgan fingerprint density at radius 1 is 1.60 bits per heavy atom. The number of ether oxygens (including phenoxy) is 1. The van der Waals surface area contributed by atoms with Gasteiger partial charge in [0.25, 0.3) is 0 Å². The first-order valence-corrected chi connectivity index (χ1v) is 6.86. The van der Waals surface area contributed by atoms with Gasteiger partial charge in [0.05, 0.1) is 17.8 Å². The number of rotatable bonds is 4. The molecule has 1 saturated carbocycles. The van der Waals surface area contributed by atoms with Gasteiger partial charge in [0.15, 0.2) is 11.5 Å². The van der Waals surface area contributed by atoms with Gasteiger partial charge in [-0.05, 0) is 46.5 Å². The van der Waals surface area contributed by atoms with Gasteiger partial charge in [-0.3, -0.25) is 4.79 Å². The van der Waals surface area contributed by atoms with Gasteiger partial charge < -0.3 is 9.84 Å². The minimum Gasteiger partial charge on any atom is -0.503 e. The molecular weight excluding hydrogens is 324 g/mol. The molecule has 0 aromatic heterocycles. The number of carbonyl (C=O) groups is 1. The number of allylic oxidation sites excluding steroid dienone is 1. The van der Waals surface area contributed by atoms with Crippen molar-refractivity contribution in [1.82, 2.24) is 5.43 Å². The van der Waals surface area contributed by atoms with Crippen LogP contribution < -0.4 is 10.2 Å². The lowest BCUT2D eigenvalue weighted by molar-refractivity contribution is -0.126. The van der Waals surface area contributed by atoms with E-state index in [4.69, 9.17) is 4.74 Å². The number of nitrogens with one attached hydrogen (secondary N) is 1. The highest BCUT2D eigenvalue weighted by atomic mass is 79.9. The third-order valence-electron chi connectivity index (χ3n) is 3.10. The number of hydrogen-bond donors (Lipinski definition) is 2. The van der Waals surface area contributed by atoms with Crippen molar-refractivity contribution in [3.63, 3.8) is 0 Å². The van der Waals surface area contributed by atoms with Crippen LogP contribution in [0.4, 0.5) is 0 Å². The molecule has 0 aliphatic heterocycles. The van der Waals surface area contributed by atoms with E-state index in [1.165, 1.54) is 13.3 Å². The highest BCUT2D eigenvalue weighted by molar-refractivity contribution is 9.10. The fourth-order valence-electron chi connectivity index (χ4n) is 1.91. The van der Waals surface area contributed by atoms with E-state index in [-0.39, 0.29) is 17.6 Å². The van der Waals surface area contributed by atoms with Crippen LogP contribution in [0.2, 0.25) is 0 Å². The molecule has 2 rings (SSSR count). The van der Waals surface area contributed by atoms with Crippen LogP contribution in [0.25, 0.3) is 0 Å². The standard InChI is InChI=1S/C14H15BrN2O3/c1-8-3-10(4-8)14(19)17-16-7-9-5-11(15)13(18)12(6-9)20-2/h5-7,10,18H,1,3-4H2,2H3,(H,17,19)/b16-7-. The van der Waals surface area contributed by atoms with Crippen molar-refractivity contribution in [3.8, 4) is 11.5 Å². The Kier molecular flexibility index (Phi) is 4.44. The lowest BCUT2D eigenvalue weighted by Crippen LogP contribution is -2.32. The van der Waals surface area contributed by atoms with Crippen molar-refractivity contribution in [1.29, 1.82) is 0 Å². The molecule has 1 aromatic rings. The summed E-state index contributed by atoms with van der Waals surface area (Å²) in [6.07, 6.45) is 2.97. The molecule has 0 spiro atoms. The van der Waals surface area contributed by atoms with Gasteiger partial charge in [-0.1, -0.05) is 12.2 Å². The summed E-state index contributed by atoms with van der Waals surface area (Å²) in [5.74, 6) is 0.253. The third kappa shape index (κ3) is 3.19. The topological polar surface area (TPSA) is 70.9 Å². The van der Waals surface area contributed by atoms with Crippen LogP contribution in [0.3, 0.4) is 0 Å². The van der Waals surface area contributed by atoms with Gasteiger partial charge in [-0.2, -0.15) is 5.10 Å². The zero-order chi connectivity index (χ0) is 14.7. The number of benzene rings is 1. The van der Waals surface area contributed by atoms with E-state index in [0.29, 0.717) is 15.8 Å². The molecule has 5 nitrogen and oxygen atoms in total. The number of phenols is 1. The molecule has 0 bridgehead atoms. The largest absolute Gasteiger partial charge is 0.503 e. The number of phenolic OH excluding ortho intramolecular Hbond substituents is 1. The first-order chi connectivity index (χ1) is 9.51. The fraction of sp³-hybridized carbons (Fsp3) is 0.286. The molecular formula is C14H15BrN2O3. The molecule has 1 aliphatic carbocycles. The van der Waals surface area contributed by atoms with Crippen LogP contribution in [-0.2, 0) is 4.79 Å². The summed E-state index contributed by atoms with van der Waals surface area (Å²) in [5, 5.41) is 13.6. The van der Waals surface area contributed by atoms with Gasteiger partial charge >= 0.3 is 0 Å². The number of amides is 1. The van der Waals surface area contributed by atoms with E-state index in [2.05, 4.69) is 33.0 Å². The molecule has 1 aromatic carbocycles. The van der Waals surface area contributed by atoms with E-state index < -0.39 is 0 Å². The number of carbonyl (C=O) groups excluding carboxylic acids is 1. The van der Waals surface area contributed by atoms with E-state index >= 15 is 0 Å². The maximum atomic E-state index is 11.7. The van der Waals surface area contributed by atoms with Crippen LogP contribution in [0, 0.1) is 5.92 Å². The quantitative estimate of drug-likeness (QED) is 0.503. The number of halogens is 1. The average Bonchev–Trinajstić information content (AvgIpc) is 2.38. The molecule has 0 atom stereocenters. The van der Waals surface area contributed by atoms with E-state index in [1.807, 2.05) is 0 Å². The molecule has 0 radical (unpaired) electrons. The fourth-order valence-corrected chi connectivity index (χ4v) is 2.37. The highest BCUT2D eigenvalue weighted by Gasteiger charge is 2.28. The Morgan fingerprint density at radius 3 is 2.90 bits per heavy atom. The van der Waals surface area contributed by atoms with Gasteiger partial charge in [0, 0.05) is 5.92 Å². The van der Waals surface area contributed by atoms with Crippen molar-refractivity contribution in [2.45, 2.75) is 12.8 Å². The maximum absolute atomic E-state index is 11.7. The summed E-state index contributed by atoms with van der Waals surface area (Å²) >= 11 is 3.22. The third-order valence-corrected chi connectivity index (χ3v) is 3.70. The summed E-state index contributed by atoms with van der Waals surface area (Å²) in [6.45, 7) is 3.80. The van der Waals surface area contributed by atoms with Crippen LogP contribution in [-0.4, -0.2) is 24.3 Å². The monoisotopic (exact) mass is 338 g/mol. The minimum atomic E-state index is -0.0986. The van der Waals surface area contributed by atoms with Crippen molar-refractivity contribution < 1.29 is 14.6 Å². The average molecular weight is 339 g/mol. The molecule has 2 N–H and O–H groups in total. The summed E-state index contributed by atoms with van der Waals surface area (Å²) in [7, 11) is 1.47. The number of methoxy groups -OCH3 is 1. The van der Waals surface area contributed by atoms with Crippen LogP contribution in [0.1, 0.15) is 18.4 Å². The molecule has 0 unspecified atom stereocenters. The van der Waals surface area contributed by atoms with E-state index in [0.717, 1.165) is 18.4 Å². The summed E-state index contributed by atoms with van der Waals surface area (Å²) in [6, 6.07) is 3.31. The van der Waals surface area contributed by atoms with Gasteiger partial charge in [-0.25, -0.2) is 5.43 Å². The number of aromatic hydroxyl groups is 1. The molecule has 0 heterocycles. The van der Waals surface area contributed by atoms with Crippen LogP contribution in [0.15, 0.2) is 33.9 Å². The Hall–Kier alpha value is -1.82. The molecule has 1 aliphatic rings. The van der Waals surface area contributed by atoms with Gasteiger partial charge in [-0.15, -0.1) is 0 Å². The smallest absolute Gasteiger partial charge is 0.243 e. The Balaban J connectivity index is 1.99. The van der Waals surface area contributed by atoms with Gasteiger partial charge in [0.1, 0.15) is 0 Å². The summed E-state index contributed by atoms with van der Waals surface area (Å²) < 4.78 is 5.53. The summed E-state index contributed by atoms with van der Waals surface area (Å²) in [5.41, 5.74) is 4.29. The van der Waals surface area contributed by atoms with Crippen LogP contribution >= 0.6 is 15.9 Å². The normalized spacial score (nSPS) is 15.2. The lowest BCUT2D eigenvalue weighted by Gasteiger charge is -2.25. The van der Waals surface area contributed by atoms with E-state index in [1.54, 1.807) is 12.1 Å². The van der Waals surface area contributed by atoms with Crippen molar-refractivity contribution in [2.24, 2.45) is 11.0 Å². The Labute approximate surface area is 125 Å². The predicted molar refractivity (Wildman–Crippen MR) is 80.0 cm³/mol. The maximum Gasteiger partial charge on any atom is 0.243 e. The summed E-state index contributed by atoms with van der Waals surface area (Å²) in [4.78, 5) is 11.7. The van der Waals surface area contributed by atoms with Crippen molar-refractivity contribution in [2.75, 3.05) is 7.11 Å². The van der Waals surface area contributed by atoms with Crippen LogP contribution in [0.5, 0.6) is 11.5 Å². The predicted octanol–water partition coefficient (Wildman–Crippen LogP) is 2.58. The molecule has 106 valence electrons. The number of nitrogens with zero attached hydrogens (tertiary/aromatic N) is 1.